The summed E-state index contributed by atoms with van der Waals surface area (Å²) in [5, 5.41) is 0. The molecule has 0 bridgehead atoms. The first-order valence-corrected chi connectivity index (χ1v) is 18.0. The summed E-state index contributed by atoms with van der Waals surface area (Å²) in [6.45, 7) is 1.71. The van der Waals surface area contributed by atoms with Crippen molar-refractivity contribution in [2.45, 2.75) is 57.8 Å². The van der Waals surface area contributed by atoms with Crippen LogP contribution < -0.4 is 0 Å². The van der Waals surface area contributed by atoms with E-state index in [1.165, 1.54) is 22.8 Å². The van der Waals surface area contributed by atoms with E-state index in [1.54, 1.807) is 6.92 Å². The second-order valence-corrected chi connectivity index (χ2v) is 22.9. The molecule has 1 atom stereocenters. The SMILES string of the molecule is CC(=O)CC(CCC[CH2][Sn]([CH3])([CH3])[CH3])c1ccccc1. The standard InChI is InChI=1S/C14H19O.3CH3.Sn/c1-3-4-8-14(11-12(2)15)13-9-6-5-7-10-13;;;;/h5-7,9-10,14H,1,3-4,8,11H2,2H3;3*1H3;. The van der Waals surface area contributed by atoms with Crippen LogP contribution in [0.5, 0.6) is 0 Å². The first kappa shape index (κ1) is 16.7. The van der Waals surface area contributed by atoms with Crippen molar-refractivity contribution in [3.05, 3.63) is 35.9 Å². The van der Waals surface area contributed by atoms with Crippen molar-refractivity contribution < 1.29 is 4.79 Å². The molecule has 1 aromatic rings. The molecule has 0 aliphatic carbocycles. The van der Waals surface area contributed by atoms with Crippen LogP contribution in [0, 0.1) is 0 Å². The maximum absolute atomic E-state index is 11.4. The molecule has 1 rings (SSSR count). The van der Waals surface area contributed by atoms with E-state index in [1.807, 2.05) is 6.07 Å². The Kier molecular flexibility index (Phi) is 7.12. The average Bonchev–Trinajstić information content (AvgIpc) is 2.32. The van der Waals surface area contributed by atoms with Gasteiger partial charge in [-0.1, -0.05) is 0 Å². The molecule has 0 spiro atoms. The van der Waals surface area contributed by atoms with Crippen LogP contribution in [0.25, 0.3) is 0 Å². The maximum atomic E-state index is 11.4. The van der Waals surface area contributed by atoms with Crippen LogP contribution >= 0.6 is 0 Å². The molecule has 1 nitrogen and oxygen atoms in total. The number of hydrogen-bond donors (Lipinski definition) is 0. The Morgan fingerprint density at radius 1 is 1.11 bits per heavy atom. The van der Waals surface area contributed by atoms with Gasteiger partial charge >= 0.3 is 123 Å². The summed E-state index contributed by atoms with van der Waals surface area (Å²) in [4.78, 5) is 18.9. The van der Waals surface area contributed by atoms with E-state index in [9.17, 15) is 4.79 Å². The quantitative estimate of drug-likeness (QED) is 0.453. The summed E-state index contributed by atoms with van der Waals surface area (Å²) in [6.07, 6.45) is 4.47. The van der Waals surface area contributed by atoms with E-state index in [2.05, 4.69) is 39.1 Å². The number of carbonyl (C=O) groups is 1. The van der Waals surface area contributed by atoms with Gasteiger partial charge in [0.25, 0.3) is 0 Å². The van der Waals surface area contributed by atoms with Gasteiger partial charge in [0.15, 0.2) is 0 Å². The minimum absolute atomic E-state index is 0.309. The first-order valence-electron chi connectivity index (χ1n) is 7.43. The molecule has 19 heavy (non-hydrogen) atoms. The van der Waals surface area contributed by atoms with Gasteiger partial charge in [0.2, 0.25) is 0 Å². The number of ketones is 1. The molecule has 0 N–H and O–H groups in total. The molecule has 0 aromatic heterocycles. The van der Waals surface area contributed by atoms with E-state index in [0.717, 1.165) is 6.42 Å². The topological polar surface area (TPSA) is 17.1 Å². The van der Waals surface area contributed by atoms with Crippen LogP contribution in [0.2, 0.25) is 19.3 Å². The minimum atomic E-state index is -1.59. The van der Waals surface area contributed by atoms with Gasteiger partial charge in [0.05, 0.1) is 0 Å². The Labute approximate surface area is 122 Å². The van der Waals surface area contributed by atoms with Crippen molar-refractivity contribution in [2.75, 3.05) is 0 Å². The normalized spacial score (nSPS) is 13.3. The van der Waals surface area contributed by atoms with Gasteiger partial charge in [0.1, 0.15) is 0 Å². The Bertz CT molecular complexity index is 378. The van der Waals surface area contributed by atoms with Gasteiger partial charge in [-0.05, 0) is 0 Å². The molecule has 0 saturated heterocycles. The number of unbranched alkanes of at least 4 members (excludes halogenated alkanes) is 1. The van der Waals surface area contributed by atoms with Crippen molar-refractivity contribution in [3.8, 4) is 0 Å². The Hall–Kier alpha value is -0.311. The number of Topliss-reactive ketones (excluding diaryl/α,β-unsaturated/α-hetero) is 1. The van der Waals surface area contributed by atoms with Crippen molar-refractivity contribution in [1.82, 2.24) is 0 Å². The predicted molar refractivity (Wildman–Crippen MR) is 86.5 cm³/mol. The monoisotopic (exact) mass is 368 g/mol. The Morgan fingerprint density at radius 3 is 2.26 bits per heavy atom. The molecule has 1 aromatic carbocycles. The fraction of sp³-hybridized carbons (Fsp3) is 0.588. The van der Waals surface area contributed by atoms with Crippen LogP contribution in [0.4, 0.5) is 0 Å². The summed E-state index contributed by atoms with van der Waals surface area (Å²) in [7, 11) is 0. The van der Waals surface area contributed by atoms with Gasteiger partial charge in [-0.25, -0.2) is 0 Å². The molecule has 0 saturated carbocycles. The third-order valence-electron chi connectivity index (χ3n) is 3.53. The van der Waals surface area contributed by atoms with Crippen molar-refractivity contribution >= 4 is 24.2 Å². The molecule has 0 radical (unpaired) electrons. The van der Waals surface area contributed by atoms with Crippen LogP contribution in [0.1, 0.15) is 44.1 Å². The molecule has 0 amide bonds. The Balaban J connectivity index is 2.50. The van der Waals surface area contributed by atoms with E-state index in [-0.39, 0.29) is 0 Å². The van der Waals surface area contributed by atoms with Crippen LogP contribution in [0.3, 0.4) is 0 Å². The average molecular weight is 367 g/mol. The molecule has 0 aliphatic heterocycles. The number of carbonyl (C=O) groups excluding carboxylic acids is 1. The van der Waals surface area contributed by atoms with Gasteiger partial charge in [-0.3, -0.25) is 0 Å². The Morgan fingerprint density at radius 2 is 1.74 bits per heavy atom. The summed E-state index contributed by atoms with van der Waals surface area (Å²) in [5.74, 6) is 0.734. The summed E-state index contributed by atoms with van der Waals surface area (Å²) >= 11 is -1.59. The van der Waals surface area contributed by atoms with E-state index >= 15 is 0 Å². The predicted octanol–water partition coefficient (Wildman–Crippen LogP) is 5.26. The first-order chi connectivity index (χ1) is 8.88. The van der Waals surface area contributed by atoms with Gasteiger partial charge in [-0.2, -0.15) is 0 Å². The van der Waals surface area contributed by atoms with Crippen LogP contribution in [-0.2, 0) is 4.79 Å². The zero-order valence-corrected chi connectivity index (χ0v) is 15.8. The number of rotatable bonds is 8. The third-order valence-corrected chi connectivity index (χ3v) is 8.82. The van der Waals surface area contributed by atoms with Gasteiger partial charge in [0, 0.05) is 0 Å². The summed E-state index contributed by atoms with van der Waals surface area (Å²) in [5.41, 5.74) is 1.33. The molecule has 2 heteroatoms. The van der Waals surface area contributed by atoms with Crippen LogP contribution in [0.15, 0.2) is 30.3 Å². The zero-order chi connectivity index (χ0) is 14.3. The third kappa shape index (κ3) is 7.76. The van der Waals surface area contributed by atoms with Crippen molar-refractivity contribution in [2.24, 2.45) is 0 Å². The molecule has 0 fully saturated rings. The van der Waals surface area contributed by atoms with E-state index in [4.69, 9.17) is 0 Å². The van der Waals surface area contributed by atoms with Gasteiger partial charge in [-0.15, -0.1) is 0 Å². The number of hydrogen-bond acceptors (Lipinski definition) is 1. The second-order valence-electron chi connectivity index (χ2n) is 6.82. The fourth-order valence-electron chi connectivity index (χ4n) is 2.50. The summed E-state index contributed by atoms with van der Waals surface area (Å²) in [6, 6.07) is 10.5. The number of benzene rings is 1. The van der Waals surface area contributed by atoms with E-state index in [0.29, 0.717) is 18.1 Å². The molecule has 0 heterocycles. The summed E-state index contributed by atoms with van der Waals surface area (Å²) < 4.78 is 1.47. The molecule has 1 unspecified atom stereocenters. The van der Waals surface area contributed by atoms with Crippen LogP contribution in [-0.4, -0.2) is 24.2 Å². The van der Waals surface area contributed by atoms with Crippen molar-refractivity contribution in [3.63, 3.8) is 0 Å². The molecule has 0 aliphatic rings. The molecule has 106 valence electrons. The zero-order valence-electron chi connectivity index (χ0n) is 12.9. The van der Waals surface area contributed by atoms with Crippen molar-refractivity contribution in [1.29, 1.82) is 0 Å². The fourth-order valence-corrected chi connectivity index (χ4v) is 6.25. The molecular formula is C17H28OSn. The molecular weight excluding hydrogens is 339 g/mol. The van der Waals surface area contributed by atoms with Gasteiger partial charge < -0.3 is 0 Å². The second kappa shape index (κ2) is 8.08. The van der Waals surface area contributed by atoms with E-state index < -0.39 is 18.4 Å².